The molecule has 0 radical (unpaired) electrons. The van der Waals surface area contributed by atoms with Gasteiger partial charge in [-0.2, -0.15) is 13.2 Å². The van der Waals surface area contributed by atoms with Crippen LogP contribution in [0.4, 0.5) is 18.0 Å². The first-order valence-corrected chi connectivity index (χ1v) is 10.8. The Bertz CT molecular complexity index is 1090. The minimum absolute atomic E-state index is 0.227. The van der Waals surface area contributed by atoms with Gasteiger partial charge in [0, 0.05) is 26.1 Å². The molecule has 0 saturated carbocycles. The first kappa shape index (κ1) is 24.5. The Hall–Kier alpha value is -3.60. The monoisotopic (exact) mass is 492 g/mol. The van der Waals surface area contributed by atoms with Crippen molar-refractivity contribution in [2.45, 2.75) is 24.2 Å². The van der Waals surface area contributed by atoms with Gasteiger partial charge in [0.15, 0.2) is 0 Å². The number of fused-ring (bicyclic) bond motifs is 3. The van der Waals surface area contributed by atoms with Crippen LogP contribution in [0, 0.1) is 5.92 Å². The lowest BCUT2D eigenvalue weighted by Crippen LogP contribution is -2.56. The number of hydrogen-bond donors (Lipinski definition) is 2. The van der Waals surface area contributed by atoms with Crippen LogP contribution in [0.3, 0.4) is 0 Å². The number of carbonyl (C=O) groups is 3. The molecule has 1 fully saturated rings. The standard InChI is InChI=1S/C24H23F3N2O6/c1-34-19-11-29(10-17(19)22(31)32)21(30)20(24(25,26)27)28-23(33)35-12-18-15-8-4-2-6-13(15)14-7-3-5-9-16(14)18/h2-9,17-20H,10-12H2,1H3,(H,28,33)(H,31,32). The van der Waals surface area contributed by atoms with E-state index in [1.54, 1.807) is 5.32 Å². The highest BCUT2D eigenvalue weighted by Gasteiger charge is 2.51. The van der Waals surface area contributed by atoms with Crippen molar-refractivity contribution >= 4 is 18.0 Å². The molecule has 1 saturated heterocycles. The molecule has 1 aliphatic heterocycles. The third kappa shape index (κ3) is 4.81. The van der Waals surface area contributed by atoms with Gasteiger partial charge in [0.2, 0.25) is 6.04 Å². The number of carboxylic acids is 1. The highest BCUT2D eigenvalue weighted by molar-refractivity contribution is 5.87. The lowest BCUT2D eigenvalue weighted by Gasteiger charge is -2.26. The maximum atomic E-state index is 13.7. The van der Waals surface area contributed by atoms with E-state index in [0.717, 1.165) is 27.2 Å². The molecule has 2 aromatic rings. The number of nitrogens with zero attached hydrogens (tertiary/aromatic N) is 1. The number of amides is 2. The fourth-order valence-electron chi connectivity index (χ4n) is 4.65. The van der Waals surface area contributed by atoms with Crippen molar-refractivity contribution in [3.8, 4) is 11.1 Å². The molecule has 35 heavy (non-hydrogen) atoms. The maximum Gasteiger partial charge on any atom is 0.417 e. The first-order chi connectivity index (χ1) is 16.6. The zero-order valence-corrected chi connectivity index (χ0v) is 18.6. The molecule has 2 aliphatic rings. The first-order valence-electron chi connectivity index (χ1n) is 10.8. The lowest BCUT2D eigenvalue weighted by atomic mass is 9.98. The highest BCUT2D eigenvalue weighted by atomic mass is 19.4. The van der Waals surface area contributed by atoms with Gasteiger partial charge in [0.05, 0.1) is 6.10 Å². The number of methoxy groups -OCH3 is 1. The van der Waals surface area contributed by atoms with Crippen LogP contribution in [0.5, 0.6) is 0 Å². The Kier molecular flexibility index (Phi) is 6.70. The van der Waals surface area contributed by atoms with E-state index >= 15 is 0 Å². The molecule has 1 heterocycles. The molecular weight excluding hydrogens is 469 g/mol. The SMILES string of the molecule is COC1CN(C(=O)C(NC(=O)OCC2c3ccccc3-c3ccccc32)C(F)(F)F)CC1C(=O)O. The van der Waals surface area contributed by atoms with Crippen molar-refractivity contribution in [1.82, 2.24) is 10.2 Å². The molecule has 11 heteroatoms. The summed E-state index contributed by atoms with van der Waals surface area (Å²) in [4.78, 5) is 37.1. The van der Waals surface area contributed by atoms with Gasteiger partial charge in [0.25, 0.3) is 5.91 Å². The van der Waals surface area contributed by atoms with Gasteiger partial charge in [-0.15, -0.1) is 0 Å². The summed E-state index contributed by atoms with van der Waals surface area (Å²) in [6.07, 6.45) is -7.48. The van der Waals surface area contributed by atoms with E-state index in [1.807, 2.05) is 48.5 Å². The average molecular weight is 492 g/mol. The van der Waals surface area contributed by atoms with Gasteiger partial charge in [-0.1, -0.05) is 48.5 Å². The maximum absolute atomic E-state index is 13.7. The van der Waals surface area contributed by atoms with E-state index in [2.05, 4.69) is 0 Å². The third-order valence-corrected chi connectivity index (χ3v) is 6.38. The summed E-state index contributed by atoms with van der Waals surface area (Å²) < 4.78 is 51.2. The number of hydrogen-bond acceptors (Lipinski definition) is 5. The number of ether oxygens (including phenoxy) is 2. The van der Waals surface area contributed by atoms with Crippen LogP contribution >= 0.6 is 0 Å². The number of nitrogens with one attached hydrogen (secondary N) is 1. The molecule has 0 aromatic heterocycles. The van der Waals surface area contributed by atoms with Gasteiger partial charge in [0.1, 0.15) is 12.5 Å². The molecule has 186 valence electrons. The summed E-state index contributed by atoms with van der Waals surface area (Å²) in [6.45, 7) is -1.04. The van der Waals surface area contributed by atoms with E-state index < -0.39 is 48.8 Å². The molecule has 3 unspecified atom stereocenters. The number of carbonyl (C=O) groups excluding carboxylic acids is 2. The normalized spacial score (nSPS) is 20.2. The molecule has 2 N–H and O–H groups in total. The average Bonchev–Trinajstić information content (AvgIpc) is 3.40. The predicted molar refractivity (Wildman–Crippen MR) is 117 cm³/mol. The Morgan fingerprint density at radius 3 is 2.11 bits per heavy atom. The van der Waals surface area contributed by atoms with E-state index in [9.17, 15) is 32.7 Å². The largest absolute Gasteiger partial charge is 0.481 e. The lowest BCUT2D eigenvalue weighted by molar-refractivity contribution is -0.174. The van der Waals surface area contributed by atoms with Crippen LogP contribution in [0.2, 0.25) is 0 Å². The Balaban J connectivity index is 1.45. The van der Waals surface area contributed by atoms with Gasteiger partial charge in [-0.3, -0.25) is 9.59 Å². The zero-order valence-electron chi connectivity index (χ0n) is 18.6. The van der Waals surface area contributed by atoms with Crippen molar-refractivity contribution in [2.75, 3.05) is 26.8 Å². The zero-order chi connectivity index (χ0) is 25.3. The molecule has 4 rings (SSSR count). The molecule has 1 aliphatic carbocycles. The smallest absolute Gasteiger partial charge is 0.417 e. The Labute approximate surface area is 198 Å². The van der Waals surface area contributed by atoms with Crippen LogP contribution in [0.25, 0.3) is 11.1 Å². The van der Waals surface area contributed by atoms with Gasteiger partial charge < -0.3 is 24.8 Å². The molecule has 3 atom stereocenters. The number of carboxylic acid groups (broad SMARTS) is 1. The van der Waals surface area contributed by atoms with E-state index in [1.165, 1.54) is 7.11 Å². The van der Waals surface area contributed by atoms with Crippen molar-refractivity contribution in [1.29, 1.82) is 0 Å². The van der Waals surface area contributed by atoms with Crippen LogP contribution in [0.15, 0.2) is 48.5 Å². The van der Waals surface area contributed by atoms with E-state index in [0.29, 0.717) is 0 Å². The summed E-state index contributed by atoms with van der Waals surface area (Å²) >= 11 is 0. The summed E-state index contributed by atoms with van der Waals surface area (Å²) in [7, 11) is 1.21. The van der Waals surface area contributed by atoms with Crippen LogP contribution in [0.1, 0.15) is 17.0 Å². The fourth-order valence-corrected chi connectivity index (χ4v) is 4.65. The van der Waals surface area contributed by atoms with Gasteiger partial charge in [-0.05, 0) is 22.3 Å². The minimum Gasteiger partial charge on any atom is -0.481 e. The minimum atomic E-state index is -5.12. The highest BCUT2D eigenvalue weighted by Crippen LogP contribution is 2.44. The molecule has 0 bridgehead atoms. The van der Waals surface area contributed by atoms with Crippen LogP contribution < -0.4 is 5.32 Å². The van der Waals surface area contributed by atoms with Crippen molar-refractivity contribution in [3.63, 3.8) is 0 Å². The third-order valence-electron chi connectivity index (χ3n) is 6.38. The molecule has 8 nitrogen and oxygen atoms in total. The van der Waals surface area contributed by atoms with Crippen molar-refractivity contribution < 1.29 is 42.1 Å². The number of alkyl halides is 3. The summed E-state index contributed by atoms with van der Waals surface area (Å²) in [5, 5.41) is 10.9. The topological polar surface area (TPSA) is 105 Å². The molecule has 2 aromatic carbocycles. The molecule has 2 amide bonds. The van der Waals surface area contributed by atoms with E-state index in [-0.39, 0.29) is 19.1 Å². The van der Waals surface area contributed by atoms with Crippen LogP contribution in [-0.2, 0) is 19.1 Å². The number of alkyl carbamates (subject to hydrolysis) is 1. The quantitative estimate of drug-likeness (QED) is 0.643. The van der Waals surface area contributed by atoms with E-state index in [4.69, 9.17) is 9.47 Å². The molecule has 0 spiro atoms. The summed E-state index contributed by atoms with van der Waals surface area (Å²) in [5.74, 6) is -4.31. The number of rotatable bonds is 6. The number of benzene rings is 2. The number of halogens is 3. The second kappa shape index (κ2) is 9.57. The van der Waals surface area contributed by atoms with Gasteiger partial charge in [-0.25, -0.2) is 4.79 Å². The summed E-state index contributed by atoms with van der Waals surface area (Å²) in [5.41, 5.74) is 3.67. The second-order valence-electron chi connectivity index (χ2n) is 8.41. The predicted octanol–water partition coefficient (Wildman–Crippen LogP) is 3.01. The summed E-state index contributed by atoms with van der Waals surface area (Å²) in [6, 6.07) is 12.1. The Morgan fingerprint density at radius 2 is 1.63 bits per heavy atom. The van der Waals surface area contributed by atoms with Crippen molar-refractivity contribution in [3.05, 3.63) is 59.7 Å². The second-order valence-corrected chi connectivity index (χ2v) is 8.41. The molecular formula is C24H23F3N2O6. The van der Waals surface area contributed by atoms with Crippen LogP contribution in [-0.4, -0.2) is 73.1 Å². The van der Waals surface area contributed by atoms with Gasteiger partial charge >= 0.3 is 18.2 Å². The van der Waals surface area contributed by atoms with Crippen molar-refractivity contribution in [2.24, 2.45) is 5.92 Å². The number of aliphatic carboxylic acids is 1. The Morgan fingerprint density at radius 1 is 1.06 bits per heavy atom. The fraction of sp³-hybridized carbons (Fsp3) is 0.375. The number of likely N-dealkylation sites (tertiary alicyclic amines) is 1.